The van der Waals surface area contributed by atoms with Gasteiger partial charge in [0.05, 0.1) is 6.54 Å². The summed E-state index contributed by atoms with van der Waals surface area (Å²) in [4.78, 5) is 26.2. The molecule has 0 radical (unpaired) electrons. The molecular formula is C17H32ClN3O2. The van der Waals surface area contributed by atoms with E-state index in [1.807, 2.05) is 11.9 Å². The van der Waals surface area contributed by atoms with Crippen molar-refractivity contribution in [3.05, 3.63) is 0 Å². The first kappa shape index (κ1) is 20.2. The standard InChI is InChI=1S/C17H31N3O2.ClH/c1-18-10-7-14-8-11-20(12-9-14)16(21)13-19-17(22)15-5-3-2-4-6-15;/h14-15,18H,2-13H2,1H3,(H,19,22);1H. The lowest BCUT2D eigenvalue weighted by Gasteiger charge is -2.32. The van der Waals surface area contributed by atoms with Crippen molar-refractivity contribution in [2.45, 2.75) is 51.4 Å². The maximum absolute atomic E-state index is 12.2. The van der Waals surface area contributed by atoms with Gasteiger partial charge in [-0.25, -0.2) is 0 Å². The largest absolute Gasteiger partial charge is 0.347 e. The Morgan fingerprint density at radius 2 is 1.70 bits per heavy atom. The first-order valence-corrected chi connectivity index (χ1v) is 8.90. The molecule has 2 N–H and O–H groups in total. The van der Waals surface area contributed by atoms with Crippen LogP contribution in [0.5, 0.6) is 0 Å². The predicted molar refractivity (Wildman–Crippen MR) is 94.7 cm³/mol. The molecule has 2 aliphatic rings. The van der Waals surface area contributed by atoms with Crippen molar-refractivity contribution >= 4 is 24.2 Å². The van der Waals surface area contributed by atoms with Gasteiger partial charge in [0, 0.05) is 19.0 Å². The summed E-state index contributed by atoms with van der Waals surface area (Å²) in [6, 6.07) is 0. The second-order valence-electron chi connectivity index (χ2n) is 6.77. The van der Waals surface area contributed by atoms with Crippen LogP contribution < -0.4 is 10.6 Å². The number of carbonyl (C=O) groups is 2. The van der Waals surface area contributed by atoms with E-state index in [1.54, 1.807) is 0 Å². The Bertz CT molecular complexity index is 365. The van der Waals surface area contributed by atoms with Crippen LogP contribution in [-0.4, -0.2) is 49.9 Å². The molecule has 0 aromatic carbocycles. The first-order valence-electron chi connectivity index (χ1n) is 8.90. The van der Waals surface area contributed by atoms with Crippen LogP contribution in [0.2, 0.25) is 0 Å². The van der Waals surface area contributed by atoms with E-state index in [2.05, 4.69) is 10.6 Å². The number of rotatable bonds is 6. The Morgan fingerprint density at radius 1 is 1.04 bits per heavy atom. The molecule has 23 heavy (non-hydrogen) atoms. The number of hydrogen-bond donors (Lipinski definition) is 2. The smallest absolute Gasteiger partial charge is 0.241 e. The molecule has 0 atom stereocenters. The number of nitrogens with one attached hydrogen (secondary N) is 2. The highest BCUT2D eigenvalue weighted by molar-refractivity contribution is 5.86. The Hall–Kier alpha value is -0.810. The molecule has 5 nitrogen and oxygen atoms in total. The lowest BCUT2D eigenvalue weighted by Crippen LogP contribution is -2.45. The van der Waals surface area contributed by atoms with Gasteiger partial charge in [0.15, 0.2) is 0 Å². The zero-order valence-corrected chi connectivity index (χ0v) is 15.1. The van der Waals surface area contributed by atoms with Crippen LogP contribution in [-0.2, 0) is 9.59 Å². The van der Waals surface area contributed by atoms with Gasteiger partial charge < -0.3 is 15.5 Å². The molecule has 1 aliphatic carbocycles. The summed E-state index contributed by atoms with van der Waals surface area (Å²) < 4.78 is 0. The number of piperidine rings is 1. The zero-order chi connectivity index (χ0) is 15.8. The monoisotopic (exact) mass is 345 g/mol. The molecular weight excluding hydrogens is 314 g/mol. The number of carbonyl (C=O) groups excluding carboxylic acids is 2. The third kappa shape index (κ3) is 6.68. The van der Waals surface area contributed by atoms with Gasteiger partial charge in [-0.2, -0.15) is 0 Å². The molecule has 134 valence electrons. The summed E-state index contributed by atoms with van der Waals surface area (Å²) in [6.45, 7) is 2.91. The molecule has 0 unspecified atom stereocenters. The van der Waals surface area contributed by atoms with E-state index in [9.17, 15) is 9.59 Å². The van der Waals surface area contributed by atoms with E-state index < -0.39 is 0 Å². The molecule has 1 saturated heterocycles. The quantitative estimate of drug-likeness (QED) is 0.773. The van der Waals surface area contributed by atoms with Crippen LogP contribution >= 0.6 is 12.4 Å². The topological polar surface area (TPSA) is 61.4 Å². The van der Waals surface area contributed by atoms with Gasteiger partial charge in [-0.3, -0.25) is 9.59 Å². The summed E-state index contributed by atoms with van der Waals surface area (Å²) in [5, 5.41) is 6.04. The van der Waals surface area contributed by atoms with Crippen molar-refractivity contribution < 1.29 is 9.59 Å². The van der Waals surface area contributed by atoms with E-state index in [1.165, 1.54) is 12.8 Å². The lowest BCUT2D eigenvalue weighted by atomic mass is 9.89. The minimum atomic E-state index is 0. The van der Waals surface area contributed by atoms with Crippen LogP contribution in [0.15, 0.2) is 0 Å². The van der Waals surface area contributed by atoms with Crippen molar-refractivity contribution in [3.8, 4) is 0 Å². The SMILES string of the molecule is CNCCC1CCN(C(=O)CNC(=O)C2CCCCC2)CC1.Cl. The third-order valence-corrected chi connectivity index (χ3v) is 5.16. The average molecular weight is 346 g/mol. The number of likely N-dealkylation sites (tertiary alicyclic amines) is 1. The summed E-state index contributed by atoms with van der Waals surface area (Å²) in [5.41, 5.74) is 0. The highest BCUT2D eigenvalue weighted by Gasteiger charge is 2.24. The predicted octanol–water partition coefficient (Wildman–Crippen LogP) is 1.95. The van der Waals surface area contributed by atoms with E-state index >= 15 is 0 Å². The molecule has 0 aromatic heterocycles. The summed E-state index contributed by atoms with van der Waals surface area (Å²) >= 11 is 0. The fraction of sp³-hybridized carbons (Fsp3) is 0.882. The number of hydrogen-bond acceptors (Lipinski definition) is 3. The van der Waals surface area contributed by atoms with Gasteiger partial charge in [-0.05, 0) is 51.6 Å². The van der Waals surface area contributed by atoms with Gasteiger partial charge in [0.25, 0.3) is 0 Å². The number of nitrogens with zero attached hydrogens (tertiary/aromatic N) is 1. The molecule has 0 spiro atoms. The van der Waals surface area contributed by atoms with Crippen LogP contribution in [0.4, 0.5) is 0 Å². The van der Waals surface area contributed by atoms with E-state index in [4.69, 9.17) is 0 Å². The second-order valence-corrected chi connectivity index (χ2v) is 6.77. The highest BCUT2D eigenvalue weighted by Crippen LogP contribution is 2.23. The van der Waals surface area contributed by atoms with Crippen LogP contribution in [0.3, 0.4) is 0 Å². The maximum atomic E-state index is 12.2. The van der Waals surface area contributed by atoms with E-state index in [0.717, 1.165) is 64.1 Å². The summed E-state index contributed by atoms with van der Waals surface area (Å²) in [7, 11) is 1.98. The minimum absolute atomic E-state index is 0. The maximum Gasteiger partial charge on any atom is 0.241 e. The lowest BCUT2D eigenvalue weighted by molar-refractivity contribution is -0.135. The fourth-order valence-electron chi connectivity index (χ4n) is 3.60. The molecule has 1 heterocycles. The minimum Gasteiger partial charge on any atom is -0.347 e. The van der Waals surface area contributed by atoms with Gasteiger partial charge in [-0.15, -0.1) is 12.4 Å². The van der Waals surface area contributed by atoms with Crippen molar-refractivity contribution in [1.82, 2.24) is 15.5 Å². The van der Waals surface area contributed by atoms with E-state index in [-0.39, 0.29) is 36.7 Å². The van der Waals surface area contributed by atoms with Crippen LogP contribution in [0, 0.1) is 11.8 Å². The summed E-state index contributed by atoms with van der Waals surface area (Å²) in [6.07, 6.45) is 8.86. The van der Waals surface area contributed by atoms with Crippen LogP contribution in [0.1, 0.15) is 51.4 Å². The van der Waals surface area contributed by atoms with Crippen molar-refractivity contribution in [1.29, 1.82) is 0 Å². The Balaban J connectivity index is 0.00000264. The second kappa shape index (κ2) is 10.9. The molecule has 1 aliphatic heterocycles. The molecule has 0 bridgehead atoms. The van der Waals surface area contributed by atoms with Crippen molar-refractivity contribution in [3.63, 3.8) is 0 Å². The molecule has 1 saturated carbocycles. The van der Waals surface area contributed by atoms with Gasteiger partial charge in [-0.1, -0.05) is 19.3 Å². The van der Waals surface area contributed by atoms with Gasteiger partial charge in [0.1, 0.15) is 0 Å². The fourth-order valence-corrected chi connectivity index (χ4v) is 3.60. The van der Waals surface area contributed by atoms with Gasteiger partial charge in [0.2, 0.25) is 11.8 Å². The van der Waals surface area contributed by atoms with Crippen LogP contribution in [0.25, 0.3) is 0 Å². The van der Waals surface area contributed by atoms with Crippen molar-refractivity contribution in [2.24, 2.45) is 11.8 Å². The Labute approximate surface area is 146 Å². The zero-order valence-electron chi connectivity index (χ0n) is 14.3. The highest BCUT2D eigenvalue weighted by atomic mass is 35.5. The Morgan fingerprint density at radius 3 is 2.30 bits per heavy atom. The van der Waals surface area contributed by atoms with Gasteiger partial charge >= 0.3 is 0 Å². The molecule has 0 aromatic rings. The number of halogens is 1. The number of amides is 2. The third-order valence-electron chi connectivity index (χ3n) is 5.16. The molecule has 6 heteroatoms. The average Bonchev–Trinajstić information content (AvgIpc) is 2.58. The molecule has 2 amide bonds. The molecule has 2 rings (SSSR count). The normalized spacial score (nSPS) is 20.0. The van der Waals surface area contributed by atoms with Crippen molar-refractivity contribution in [2.75, 3.05) is 33.2 Å². The Kier molecular flexibility index (Phi) is 9.56. The molecule has 2 fully saturated rings. The summed E-state index contributed by atoms with van der Waals surface area (Å²) in [5.74, 6) is 1.02. The first-order chi connectivity index (χ1) is 10.7. The van der Waals surface area contributed by atoms with E-state index in [0.29, 0.717) is 0 Å².